The van der Waals surface area contributed by atoms with Crippen LogP contribution in [0.4, 0.5) is 0 Å². The minimum absolute atomic E-state index is 0.0504. The Hall–Kier alpha value is -2.46. The predicted molar refractivity (Wildman–Crippen MR) is 122 cm³/mol. The molecule has 162 valence electrons. The first kappa shape index (κ1) is 23.8. The van der Waals surface area contributed by atoms with E-state index >= 15 is 0 Å². The zero-order chi connectivity index (χ0) is 21.6. The molecule has 2 aromatic carbocycles. The third-order valence-corrected chi connectivity index (χ3v) is 5.10. The Bertz CT molecular complexity index is 756. The van der Waals surface area contributed by atoms with E-state index in [1.165, 1.54) is 37.7 Å². The first-order valence-electron chi connectivity index (χ1n) is 11.1. The van der Waals surface area contributed by atoms with Crippen molar-refractivity contribution in [2.24, 2.45) is 0 Å². The van der Waals surface area contributed by atoms with Crippen LogP contribution in [0.5, 0.6) is 5.75 Å². The van der Waals surface area contributed by atoms with Gasteiger partial charge in [-0.15, -0.1) is 0 Å². The van der Waals surface area contributed by atoms with Crippen molar-refractivity contribution in [3.05, 3.63) is 65.7 Å². The average molecular weight is 410 g/mol. The van der Waals surface area contributed by atoms with Gasteiger partial charge in [0, 0.05) is 18.5 Å². The minimum Gasteiger partial charge on any atom is -0.427 e. The summed E-state index contributed by atoms with van der Waals surface area (Å²) in [6.45, 7) is 3.27. The molecule has 4 heteroatoms. The number of likely N-dealkylation sites (N-methyl/N-ethyl adjacent to an activating group) is 1. The Kier molecular flexibility index (Phi) is 10.9. The fourth-order valence-electron chi connectivity index (χ4n) is 3.41. The van der Waals surface area contributed by atoms with Crippen LogP contribution in [0.1, 0.15) is 74.2 Å². The Balaban J connectivity index is 1.69. The second-order valence-electron chi connectivity index (χ2n) is 7.95. The maximum absolute atomic E-state index is 12.5. The molecule has 4 nitrogen and oxygen atoms in total. The quantitative estimate of drug-likeness (QED) is 0.165. The van der Waals surface area contributed by atoms with E-state index in [1.807, 2.05) is 30.1 Å². The molecule has 0 N–H and O–H groups in total. The van der Waals surface area contributed by atoms with Crippen LogP contribution in [0.2, 0.25) is 0 Å². The predicted octanol–water partition coefficient (Wildman–Crippen LogP) is 6.05. The van der Waals surface area contributed by atoms with Gasteiger partial charge in [-0.05, 0) is 43.3 Å². The number of hydrogen-bond donors (Lipinski definition) is 0. The minimum atomic E-state index is -0.203. The molecule has 0 spiro atoms. The summed E-state index contributed by atoms with van der Waals surface area (Å²) in [4.78, 5) is 26.5. The van der Waals surface area contributed by atoms with E-state index < -0.39 is 0 Å². The highest BCUT2D eigenvalue weighted by Crippen LogP contribution is 2.15. The van der Waals surface area contributed by atoms with Gasteiger partial charge < -0.3 is 4.74 Å². The third kappa shape index (κ3) is 9.36. The molecule has 0 radical (unpaired) electrons. The summed E-state index contributed by atoms with van der Waals surface area (Å²) in [7, 11) is 1.94. The Labute approximate surface area is 181 Å². The zero-order valence-electron chi connectivity index (χ0n) is 18.4. The number of carbonyl (C=O) groups excluding carboxylic acids is 2. The van der Waals surface area contributed by atoms with Gasteiger partial charge in [0.25, 0.3) is 0 Å². The van der Waals surface area contributed by atoms with Crippen molar-refractivity contribution in [3.8, 4) is 5.75 Å². The van der Waals surface area contributed by atoms with Gasteiger partial charge in [-0.25, -0.2) is 0 Å². The summed E-state index contributed by atoms with van der Waals surface area (Å²) in [6.07, 6.45) is 8.65. The molecular weight excluding hydrogens is 374 g/mol. The molecule has 0 bridgehead atoms. The summed E-state index contributed by atoms with van der Waals surface area (Å²) in [6, 6.07) is 17.0. The van der Waals surface area contributed by atoms with E-state index in [9.17, 15) is 9.59 Å². The van der Waals surface area contributed by atoms with E-state index in [-0.39, 0.29) is 11.8 Å². The summed E-state index contributed by atoms with van der Waals surface area (Å²) in [5.74, 6) is 0.344. The molecule has 0 saturated carbocycles. The summed E-state index contributed by atoms with van der Waals surface area (Å²) in [5.41, 5.74) is 1.80. The third-order valence-electron chi connectivity index (χ3n) is 5.10. The van der Waals surface area contributed by atoms with Crippen LogP contribution in [-0.4, -0.2) is 30.2 Å². The molecule has 0 fully saturated rings. The summed E-state index contributed by atoms with van der Waals surface area (Å²) in [5, 5.41) is 0. The lowest BCUT2D eigenvalue weighted by Crippen LogP contribution is -2.25. The maximum atomic E-state index is 12.5. The second-order valence-corrected chi connectivity index (χ2v) is 7.95. The van der Waals surface area contributed by atoms with Gasteiger partial charge in [0.15, 0.2) is 5.78 Å². The monoisotopic (exact) mass is 409 g/mol. The van der Waals surface area contributed by atoms with Gasteiger partial charge in [-0.1, -0.05) is 75.8 Å². The largest absolute Gasteiger partial charge is 0.427 e. The van der Waals surface area contributed by atoms with Crippen molar-refractivity contribution >= 4 is 11.8 Å². The van der Waals surface area contributed by atoms with Crippen LogP contribution in [0.3, 0.4) is 0 Å². The number of rotatable bonds is 14. The number of ketones is 1. The number of benzene rings is 2. The molecular formula is C26H35NO3. The van der Waals surface area contributed by atoms with Gasteiger partial charge in [-0.3, -0.25) is 14.5 Å². The number of unbranched alkanes of at least 4 members (excludes halogenated alkanes) is 6. The van der Waals surface area contributed by atoms with Crippen LogP contribution in [0, 0.1) is 0 Å². The molecule has 0 aliphatic heterocycles. The van der Waals surface area contributed by atoms with Gasteiger partial charge in [0.2, 0.25) is 0 Å². The van der Waals surface area contributed by atoms with E-state index in [0.29, 0.717) is 24.3 Å². The van der Waals surface area contributed by atoms with E-state index in [0.717, 1.165) is 19.4 Å². The number of Topliss-reactive ketones (excluding diaryl/α,β-unsaturated/α-hetero) is 1. The first-order chi connectivity index (χ1) is 14.6. The molecule has 0 saturated heterocycles. The first-order valence-corrected chi connectivity index (χ1v) is 11.1. The fourth-order valence-corrected chi connectivity index (χ4v) is 3.41. The number of carbonyl (C=O) groups is 2. The van der Waals surface area contributed by atoms with E-state index in [2.05, 4.69) is 19.1 Å². The zero-order valence-corrected chi connectivity index (χ0v) is 18.4. The molecule has 2 rings (SSSR count). The fraction of sp³-hybridized carbons (Fsp3) is 0.462. The van der Waals surface area contributed by atoms with Crippen LogP contribution >= 0.6 is 0 Å². The lowest BCUT2D eigenvalue weighted by molar-refractivity contribution is -0.134. The molecule has 0 amide bonds. The standard InChI is InChI=1S/C26H35NO3/c1-3-4-5-6-7-8-12-15-26(29)30-24-18-16-23(17-19-24)25(28)21-27(2)20-22-13-10-9-11-14-22/h9-11,13-14,16-19H,3-8,12,15,20-21H2,1-2H3. The van der Waals surface area contributed by atoms with Crippen molar-refractivity contribution in [1.82, 2.24) is 4.90 Å². The van der Waals surface area contributed by atoms with Crippen LogP contribution in [0.25, 0.3) is 0 Å². The average Bonchev–Trinajstić information content (AvgIpc) is 2.74. The highest BCUT2D eigenvalue weighted by molar-refractivity contribution is 5.97. The molecule has 0 atom stereocenters. The van der Waals surface area contributed by atoms with Gasteiger partial charge in [0.1, 0.15) is 5.75 Å². The highest BCUT2D eigenvalue weighted by atomic mass is 16.5. The van der Waals surface area contributed by atoms with E-state index in [1.54, 1.807) is 24.3 Å². The maximum Gasteiger partial charge on any atom is 0.311 e. The van der Waals surface area contributed by atoms with Crippen molar-refractivity contribution in [2.75, 3.05) is 13.6 Å². The molecule has 0 heterocycles. The Morgan fingerprint density at radius 3 is 2.13 bits per heavy atom. The topological polar surface area (TPSA) is 46.6 Å². The van der Waals surface area contributed by atoms with E-state index in [4.69, 9.17) is 4.74 Å². The molecule has 0 aromatic heterocycles. The number of nitrogens with zero attached hydrogens (tertiary/aromatic N) is 1. The van der Waals surface area contributed by atoms with Crippen LogP contribution in [-0.2, 0) is 11.3 Å². The van der Waals surface area contributed by atoms with Gasteiger partial charge in [-0.2, -0.15) is 0 Å². The molecule has 0 unspecified atom stereocenters. The van der Waals surface area contributed by atoms with Crippen molar-refractivity contribution < 1.29 is 14.3 Å². The lowest BCUT2D eigenvalue weighted by atomic mass is 10.1. The number of ether oxygens (including phenoxy) is 1. The van der Waals surface area contributed by atoms with Gasteiger partial charge >= 0.3 is 5.97 Å². The molecule has 30 heavy (non-hydrogen) atoms. The second kappa shape index (κ2) is 13.7. The van der Waals surface area contributed by atoms with Crippen molar-refractivity contribution in [1.29, 1.82) is 0 Å². The normalized spacial score (nSPS) is 10.9. The van der Waals surface area contributed by atoms with Crippen molar-refractivity contribution in [2.45, 2.75) is 64.8 Å². The SMILES string of the molecule is CCCCCCCCCC(=O)Oc1ccc(C(=O)CN(C)Cc2ccccc2)cc1. The van der Waals surface area contributed by atoms with Gasteiger partial charge in [0.05, 0.1) is 6.54 Å². The van der Waals surface area contributed by atoms with Crippen molar-refractivity contribution in [3.63, 3.8) is 0 Å². The summed E-state index contributed by atoms with van der Waals surface area (Å²) >= 11 is 0. The summed E-state index contributed by atoms with van der Waals surface area (Å²) < 4.78 is 5.39. The molecule has 0 aliphatic carbocycles. The number of esters is 1. The number of hydrogen-bond acceptors (Lipinski definition) is 4. The Morgan fingerprint density at radius 1 is 0.833 bits per heavy atom. The lowest BCUT2D eigenvalue weighted by Gasteiger charge is -2.16. The van der Waals surface area contributed by atoms with Crippen LogP contribution in [0.15, 0.2) is 54.6 Å². The highest BCUT2D eigenvalue weighted by Gasteiger charge is 2.11. The smallest absolute Gasteiger partial charge is 0.311 e. The van der Waals surface area contributed by atoms with Crippen LogP contribution < -0.4 is 4.74 Å². The Morgan fingerprint density at radius 2 is 1.47 bits per heavy atom. The molecule has 0 aliphatic rings. The molecule has 2 aromatic rings.